The number of benzene rings is 2. The number of nitrogens with zero attached hydrogens (tertiary/aromatic N) is 5. The first-order chi connectivity index (χ1) is 19.6. The van der Waals surface area contributed by atoms with Crippen molar-refractivity contribution in [2.24, 2.45) is 5.92 Å². The van der Waals surface area contributed by atoms with Crippen LogP contribution in [0.5, 0.6) is 0 Å². The molecule has 0 unspecified atom stereocenters. The maximum atomic E-state index is 15.2. The molecule has 2 fully saturated rings. The summed E-state index contributed by atoms with van der Waals surface area (Å²) in [4.78, 5) is 23.0. The van der Waals surface area contributed by atoms with Crippen LogP contribution in [0.1, 0.15) is 45.2 Å². The Morgan fingerprint density at radius 3 is 2.61 bits per heavy atom. The Morgan fingerprint density at radius 1 is 1.12 bits per heavy atom. The van der Waals surface area contributed by atoms with Crippen LogP contribution >= 0.6 is 0 Å². The molecule has 0 saturated carbocycles. The van der Waals surface area contributed by atoms with Crippen molar-refractivity contribution in [3.63, 3.8) is 0 Å². The van der Waals surface area contributed by atoms with Crippen LogP contribution in [0.15, 0.2) is 48.7 Å². The number of nitrogens with one attached hydrogen (secondary N) is 1. The summed E-state index contributed by atoms with van der Waals surface area (Å²) in [6.45, 7) is 12.3. The standard InChI is InChI=1S/C32H39FN6O2/c1-22-16-25(21-39(20-22)29-10-8-23(18-34)30-27(29)6-5-11-35-30)36-19-24-7-9-26(17-28(24)33)37-12-14-38(15-13-37)31(40)41-32(2,3)4/h5-11,17,22,25,36H,12-16,19-21H2,1-4H3/t22-,25+/m0/s1. The van der Waals surface area contributed by atoms with Gasteiger partial charge in [-0.05, 0) is 69.5 Å². The van der Waals surface area contributed by atoms with Crippen molar-refractivity contribution in [1.29, 1.82) is 5.26 Å². The Hall–Kier alpha value is -3.90. The van der Waals surface area contributed by atoms with E-state index in [4.69, 9.17) is 4.74 Å². The number of piperidine rings is 1. The van der Waals surface area contributed by atoms with Crippen LogP contribution in [0.3, 0.4) is 0 Å². The molecule has 216 valence electrons. The predicted octanol–water partition coefficient (Wildman–Crippen LogP) is 5.31. The number of piperazine rings is 1. The molecule has 1 aromatic heterocycles. The zero-order chi connectivity index (χ0) is 29.1. The molecule has 1 amide bonds. The largest absolute Gasteiger partial charge is 0.444 e. The average Bonchev–Trinajstić information content (AvgIpc) is 2.95. The Balaban J connectivity index is 1.20. The highest BCUT2D eigenvalue weighted by atomic mass is 19.1. The lowest BCUT2D eigenvalue weighted by atomic mass is 9.94. The highest BCUT2D eigenvalue weighted by Gasteiger charge is 2.28. The molecule has 8 nitrogen and oxygen atoms in total. The van der Waals surface area contributed by atoms with Gasteiger partial charge in [-0.2, -0.15) is 5.26 Å². The topological polar surface area (TPSA) is 84.7 Å². The number of aromatic nitrogens is 1. The number of carbonyl (C=O) groups excluding carboxylic acids is 1. The van der Waals surface area contributed by atoms with E-state index in [0.717, 1.165) is 41.8 Å². The number of hydrogen-bond donors (Lipinski definition) is 1. The van der Waals surface area contributed by atoms with Crippen molar-refractivity contribution < 1.29 is 13.9 Å². The molecule has 5 rings (SSSR count). The first kappa shape index (κ1) is 28.6. The second-order valence-electron chi connectivity index (χ2n) is 12.2. The fourth-order valence-corrected chi connectivity index (χ4v) is 5.82. The summed E-state index contributed by atoms with van der Waals surface area (Å²) < 4.78 is 20.7. The lowest BCUT2D eigenvalue weighted by molar-refractivity contribution is 0.0240. The molecule has 2 aliphatic rings. The molecule has 0 aliphatic carbocycles. The minimum atomic E-state index is -0.523. The van der Waals surface area contributed by atoms with Gasteiger partial charge in [0.25, 0.3) is 0 Å². The minimum absolute atomic E-state index is 0.195. The quantitative estimate of drug-likeness (QED) is 0.455. The van der Waals surface area contributed by atoms with Crippen molar-refractivity contribution in [2.45, 2.75) is 52.3 Å². The van der Waals surface area contributed by atoms with Crippen LogP contribution in [-0.4, -0.2) is 66.9 Å². The van der Waals surface area contributed by atoms with Crippen LogP contribution < -0.4 is 15.1 Å². The summed E-state index contributed by atoms with van der Waals surface area (Å²) in [6.07, 6.45) is 2.43. The number of anilines is 2. The van der Waals surface area contributed by atoms with Crippen LogP contribution in [0.25, 0.3) is 10.9 Å². The molecule has 0 radical (unpaired) electrons. The number of rotatable bonds is 5. The SMILES string of the molecule is C[C@H]1C[C@@H](NCc2ccc(N3CCN(C(=O)OC(C)(C)C)CC3)cc2F)CN(c2ccc(C#N)c3ncccc23)C1. The molecule has 2 saturated heterocycles. The number of carbonyl (C=O) groups is 1. The van der Waals surface area contributed by atoms with Crippen molar-refractivity contribution in [1.82, 2.24) is 15.2 Å². The van der Waals surface area contributed by atoms with Crippen molar-refractivity contribution in [3.05, 3.63) is 65.6 Å². The van der Waals surface area contributed by atoms with E-state index in [-0.39, 0.29) is 18.0 Å². The number of hydrogen-bond acceptors (Lipinski definition) is 7. The average molecular weight is 559 g/mol. The monoisotopic (exact) mass is 558 g/mol. The molecule has 2 aliphatic heterocycles. The molecule has 1 N–H and O–H groups in total. The van der Waals surface area contributed by atoms with Gasteiger partial charge in [0.15, 0.2) is 0 Å². The van der Waals surface area contributed by atoms with E-state index in [2.05, 4.69) is 33.1 Å². The summed E-state index contributed by atoms with van der Waals surface area (Å²) >= 11 is 0. The van der Waals surface area contributed by atoms with Gasteiger partial charge in [-0.25, -0.2) is 9.18 Å². The number of pyridine rings is 1. The highest BCUT2D eigenvalue weighted by Crippen LogP contribution is 2.31. The van der Waals surface area contributed by atoms with E-state index in [1.807, 2.05) is 57.2 Å². The summed E-state index contributed by atoms with van der Waals surface area (Å²) in [5.74, 6) is 0.227. The third kappa shape index (κ3) is 6.71. The molecular formula is C32H39FN6O2. The van der Waals surface area contributed by atoms with E-state index >= 15 is 4.39 Å². The first-order valence-corrected chi connectivity index (χ1v) is 14.4. The van der Waals surface area contributed by atoms with Gasteiger partial charge in [-0.1, -0.05) is 13.0 Å². The second-order valence-corrected chi connectivity index (χ2v) is 12.2. The third-order valence-corrected chi connectivity index (χ3v) is 7.78. The normalized spacial score (nSPS) is 19.8. The molecule has 41 heavy (non-hydrogen) atoms. The van der Waals surface area contributed by atoms with E-state index in [1.165, 1.54) is 0 Å². The molecular weight excluding hydrogens is 519 g/mol. The number of halogens is 1. The van der Waals surface area contributed by atoms with E-state index in [9.17, 15) is 10.1 Å². The maximum Gasteiger partial charge on any atom is 0.410 e. The fourth-order valence-electron chi connectivity index (χ4n) is 5.82. The molecule has 0 spiro atoms. The Labute approximate surface area is 241 Å². The molecule has 0 bridgehead atoms. The molecule has 2 atom stereocenters. The van der Waals surface area contributed by atoms with Gasteiger partial charge in [0.2, 0.25) is 0 Å². The van der Waals surface area contributed by atoms with Gasteiger partial charge in [0.1, 0.15) is 17.5 Å². The third-order valence-electron chi connectivity index (χ3n) is 7.78. The van der Waals surface area contributed by atoms with Crippen LogP contribution in [0.2, 0.25) is 0 Å². The zero-order valence-electron chi connectivity index (χ0n) is 24.4. The lowest BCUT2D eigenvalue weighted by Crippen LogP contribution is -2.50. The second kappa shape index (κ2) is 11.9. The summed E-state index contributed by atoms with van der Waals surface area (Å²) in [7, 11) is 0. The molecule has 3 heterocycles. The van der Waals surface area contributed by atoms with E-state index in [0.29, 0.717) is 49.8 Å². The number of ether oxygens (including phenoxy) is 1. The van der Waals surface area contributed by atoms with Gasteiger partial charge >= 0.3 is 6.09 Å². The van der Waals surface area contributed by atoms with Gasteiger partial charge in [-0.15, -0.1) is 0 Å². The Morgan fingerprint density at radius 2 is 1.90 bits per heavy atom. The van der Waals surface area contributed by atoms with Gasteiger partial charge < -0.3 is 24.8 Å². The van der Waals surface area contributed by atoms with Crippen molar-refractivity contribution >= 4 is 28.4 Å². The summed E-state index contributed by atoms with van der Waals surface area (Å²) in [5.41, 5.74) is 3.32. The van der Waals surface area contributed by atoms with Gasteiger partial charge in [0.05, 0.1) is 11.1 Å². The van der Waals surface area contributed by atoms with Gasteiger partial charge in [-0.3, -0.25) is 4.98 Å². The Bertz CT molecular complexity index is 1440. The predicted molar refractivity (Wildman–Crippen MR) is 159 cm³/mol. The van der Waals surface area contributed by atoms with Crippen LogP contribution in [0, 0.1) is 23.1 Å². The summed E-state index contributed by atoms with van der Waals surface area (Å²) in [5, 5.41) is 14.1. The first-order valence-electron chi connectivity index (χ1n) is 14.4. The molecule has 3 aromatic rings. The molecule has 2 aromatic carbocycles. The highest BCUT2D eigenvalue weighted by molar-refractivity contribution is 5.95. The van der Waals surface area contributed by atoms with Crippen LogP contribution in [-0.2, 0) is 11.3 Å². The smallest absolute Gasteiger partial charge is 0.410 e. The van der Waals surface area contributed by atoms with E-state index in [1.54, 1.807) is 17.2 Å². The minimum Gasteiger partial charge on any atom is -0.444 e. The number of fused-ring (bicyclic) bond motifs is 1. The fraction of sp³-hybridized carbons (Fsp3) is 0.469. The van der Waals surface area contributed by atoms with E-state index < -0.39 is 5.60 Å². The van der Waals surface area contributed by atoms with Gasteiger partial charge in [0, 0.05) is 80.4 Å². The number of amides is 1. The van der Waals surface area contributed by atoms with Crippen LogP contribution in [0.4, 0.5) is 20.6 Å². The maximum absolute atomic E-state index is 15.2. The summed E-state index contributed by atoms with van der Waals surface area (Å²) in [6, 6.07) is 15.7. The number of nitriles is 1. The van der Waals surface area contributed by atoms with Crippen molar-refractivity contribution in [3.8, 4) is 6.07 Å². The molecule has 9 heteroatoms. The Kier molecular flexibility index (Phi) is 8.32. The zero-order valence-corrected chi connectivity index (χ0v) is 24.4. The lowest BCUT2D eigenvalue weighted by Gasteiger charge is -2.39. The van der Waals surface area contributed by atoms with Crippen molar-refractivity contribution in [2.75, 3.05) is 49.1 Å².